The van der Waals surface area contributed by atoms with Crippen LogP contribution in [0.15, 0.2) is 58.3 Å². The number of benzene rings is 2. The molecular weight excluding hydrogens is 410 g/mol. The highest BCUT2D eigenvalue weighted by Gasteiger charge is 2.36. The molecule has 0 bridgehead atoms. The number of aryl methyl sites for hydroxylation is 1. The zero-order chi connectivity index (χ0) is 21.5. The van der Waals surface area contributed by atoms with E-state index >= 15 is 0 Å². The summed E-state index contributed by atoms with van der Waals surface area (Å²) < 4.78 is 53.4. The van der Waals surface area contributed by atoms with Crippen molar-refractivity contribution in [2.45, 2.75) is 62.2 Å². The molecular formula is C21H29NO5S2. The van der Waals surface area contributed by atoms with Gasteiger partial charge >= 0.3 is 0 Å². The Bertz CT molecular complexity index is 1000. The van der Waals surface area contributed by atoms with Crippen molar-refractivity contribution in [3.8, 4) is 5.75 Å². The minimum Gasteiger partial charge on any atom is -0.508 e. The van der Waals surface area contributed by atoms with E-state index < -0.39 is 20.0 Å². The second-order valence-corrected chi connectivity index (χ2v) is 11.0. The Morgan fingerprint density at radius 1 is 0.793 bits per heavy atom. The topological polar surface area (TPSA) is 91.8 Å². The molecule has 6 nitrogen and oxygen atoms in total. The molecule has 0 aliphatic rings. The van der Waals surface area contributed by atoms with Crippen LogP contribution in [0.1, 0.15) is 51.0 Å². The summed E-state index contributed by atoms with van der Waals surface area (Å²) >= 11 is 0. The number of hydrogen-bond donors (Lipinski definition) is 1. The molecule has 2 aromatic carbocycles. The maximum atomic E-state index is 13.2. The maximum Gasteiger partial charge on any atom is 0.256 e. The normalized spacial score (nSPS) is 12.4. The van der Waals surface area contributed by atoms with E-state index in [1.165, 1.54) is 36.4 Å². The highest BCUT2D eigenvalue weighted by atomic mass is 32.3. The van der Waals surface area contributed by atoms with Crippen LogP contribution in [-0.4, -0.2) is 32.2 Å². The summed E-state index contributed by atoms with van der Waals surface area (Å²) in [7, 11) is -8.55. The lowest BCUT2D eigenvalue weighted by Crippen LogP contribution is -2.37. The minimum absolute atomic E-state index is 0.0502. The third-order valence-electron chi connectivity index (χ3n) is 4.65. The Kier molecular flexibility index (Phi) is 8.24. The first kappa shape index (κ1) is 23.4. The summed E-state index contributed by atoms with van der Waals surface area (Å²) in [5.41, 5.74) is 0.729. The zero-order valence-electron chi connectivity index (χ0n) is 16.9. The zero-order valence-corrected chi connectivity index (χ0v) is 18.5. The number of phenols is 1. The molecule has 0 atom stereocenters. The van der Waals surface area contributed by atoms with Crippen LogP contribution in [0.2, 0.25) is 0 Å². The van der Waals surface area contributed by atoms with Crippen molar-refractivity contribution in [3.05, 3.63) is 54.1 Å². The quantitative estimate of drug-likeness (QED) is 0.523. The molecule has 1 N–H and O–H groups in total. The lowest BCUT2D eigenvalue weighted by atomic mass is 10.1. The van der Waals surface area contributed by atoms with Gasteiger partial charge in [-0.05, 0) is 55.3 Å². The van der Waals surface area contributed by atoms with E-state index in [0.29, 0.717) is 10.1 Å². The van der Waals surface area contributed by atoms with Gasteiger partial charge in [0.15, 0.2) is 0 Å². The fourth-order valence-corrected chi connectivity index (χ4v) is 6.84. The van der Waals surface area contributed by atoms with Crippen molar-refractivity contribution in [3.63, 3.8) is 0 Å². The molecule has 0 spiro atoms. The SMILES string of the molecule is CCCCCCCCN(S(=O)(=O)c1ccc(O)cc1)S(=O)(=O)c1cccc(C)c1. The number of unbranched alkanes of at least 4 members (excludes halogenated alkanes) is 5. The van der Waals surface area contributed by atoms with E-state index in [0.717, 1.165) is 37.7 Å². The van der Waals surface area contributed by atoms with Gasteiger partial charge in [0.2, 0.25) is 0 Å². The molecule has 8 heteroatoms. The van der Waals surface area contributed by atoms with E-state index in [-0.39, 0.29) is 22.1 Å². The number of sulfonamides is 2. The van der Waals surface area contributed by atoms with Gasteiger partial charge in [0.1, 0.15) is 5.75 Å². The first-order chi connectivity index (χ1) is 13.7. The Balaban J connectivity index is 2.36. The molecule has 0 saturated carbocycles. The number of hydrogen-bond acceptors (Lipinski definition) is 5. The molecule has 29 heavy (non-hydrogen) atoms. The fourth-order valence-electron chi connectivity index (χ4n) is 3.02. The molecule has 0 unspecified atom stereocenters. The summed E-state index contributed by atoms with van der Waals surface area (Å²) in [6, 6.07) is 11.1. The molecule has 0 aliphatic carbocycles. The van der Waals surface area contributed by atoms with Crippen molar-refractivity contribution in [2.75, 3.05) is 6.54 Å². The molecule has 0 saturated heterocycles. The van der Waals surface area contributed by atoms with Gasteiger partial charge in [-0.15, -0.1) is 0 Å². The molecule has 0 heterocycles. The molecule has 2 rings (SSSR count). The van der Waals surface area contributed by atoms with E-state index in [1.54, 1.807) is 19.1 Å². The largest absolute Gasteiger partial charge is 0.508 e. The molecule has 0 radical (unpaired) electrons. The van der Waals surface area contributed by atoms with Gasteiger partial charge in [-0.3, -0.25) is 0 Å². The number of rotatable bonds is 11. The third-order valence-corrected chi connectivity index (χ3v) is 8.98. The first-order valence-electron chi connectivity index (χ1n) is 9.83. The van der Waals surface area contributed by atoms with Gasteiger partial charge in [0.25, 0.3) is 20.0 Å². The maximum absolute atomic E-state index is 13.2. The predicted molar refractivity (Wildman–Crippen MR) is 114 cm³/mol. The monoisotopic (exact) mass is 439 g/mol. The van der Waals surface area contributed by atoms with Crippen LogP contribution in [0.5, 0.6) is 5.75 Å². The summed E-state index contributed by atoms with van der Waals surface area (Å²) in [6.45, 7) is 3.75. The Morgan fingerprint density at radius 2 is 1.38 bits per heavy atom. The Labute approximate surface area is 174 Å². The highest BCUT2D eigenvalue weighted by Crippen LogP contribution is 2.26. The molecule has 0 aromatic heterocycles. The standard InChI is InChI=1S/C21H29NO5S2/c1-3-4-5-6-7-8-16-22(28(24,25)20-14-12-19(23)13-15-20)29(26,27)21-11-9-10-18(2)17-21/h9-15,17,23H,3-8,16H2,1-2H3. The summed E-state index contributed by atoms with van der Waals surface area (Å²) in [5, 5.41) is 9.45. The van der Waals surface area contributed by atoms with Crippen LogP contribution in [-0.2, 0) is 20.0 Å². The second kappa shape index (κ2) is 10.2. The fraction of sp³-hybridized carbons (Fsp3) is 0.429. The van der Waals surface area contributed by atoms with Crippen LogP contribution in [0.3, 0.4) is 0 Å². The smallest absolute Gasteiger partial charge is 0.256 e. The van der Waals surface area contributed by atoms with Crippen LogP contribution in [0, 0.1) is 6.92 Å². The van der Waals surface area contributed by atoms with Crippen molar-refractivity contribution < 1.29 is 21.9 Å². The van der Waals surface area contributed by atoms with Crippen molar-refractivity contribution in [2.24, 2.45) is 0 Å². The van der Waals surface area contributed by atoms with Crippen LogP contribution in [0.4, 0.5) is 0 Å². The Hall–Kier alpha value is -1.90. The molecule has 160 valence electrons. The predicted octanol–water partition coefficient (Wildman–Crippen LogP) is 4.44. The van der Waals surface area contributed by atoms with E-state index in [1.807, 2.05) is 0 Å². The van der Waals surface area contributed by atoms with E-state index in [2.05, 4.69) is 6.92 Å². The van der Waals surface area contributed by atoms with Crippen molar-refractivity contribution in [1.29, 1.82) is 0 Å². The summed E-state index contributed by atoms with van der Waals surface area (Å²) in [5.74, 6) is -0.0898. The lowest BCUT2D eigenvalue weighted by molar-refractivity contribution is 0.473. The van der Waals surface area contributed by atoms with Crippen LogP contribution < -0.4 is 0 Å². The molecule has 0 amide bonds. The average Bonchev–Trinajstić information content (AvgIpc) is 2.67. The summed E-state index contributed by atoms with van der Waals surface area (Å²) in [6.07, 6.45) is 5.40. The molecule has 2 aromatic rings. The van der Waals surface area contributed by atoms with E-state index in [9.17, 15) is 21.9 Å². The molecule has 0 aliphatic heterocycles. The minimum atomic E-state index is -4.30. The van der Waals surface area contributed by atoms with Gasteiger partial charge in [0.05, 0.1) is 9.79 Å². The van der Waals surface area contributed by atoms with Gasteiger partial charge < -0.3 is 5.11 Å². The summed E-state index contributed by atoms with van der Waals surface area (Å²) in [4.78, 5) is -0.219. The Morgan fingerprint density at radius 3 is 2.00 bits per heavy atom. The van der Waals surface area contributed by atoms with Crippen molar-refractivity contribution in [1.82, 2.24) is 3.71 Å². The van der Waals surface area contributed by atoms with Gasteiger partial charge in [-0.2, -0.15) is 0 Å². The second-order valence-electron chi connectivity index (χ2n) is 7.08. The lowest BCUT2D eigenvalue weighted by Gasteiger charge is -2.22. The number of aromatic hydroxyl groups is 1. The van der Waals surface area contributed by atoms with Gasteiger partial charge in [0, 0.05) is 6.54 Å². The first-order valence-corrected chi connectivity index (χ1v) is 12.7. The van der Waals surface area contributed by atoms with Crippen molar-refractivity contribution >= 4 is 20.0 Å². The van der Waals surface area contributed by atoms with Crippen LogP contribution >= 0.6 is 0 Å². The van der Waals surface area contributed by atoms with E-state index in [4.69, 9.17) is 0 Å². The number of phenolic OH excluding ortho intramolecular Hbond substituents is 1. The number of nitrogens with zero attached hydrogens (tertiary/aromatic N) is 1. The third kappa shape index (κ3) is 6.04. The van der Waals surface area contributed by atoms with Gasteiger partial charge in [-0.1, -0.05) is 54.9 Å². The highest BCUT2D eigenvalue weighted by molar-refractivity contribution is 8.04. The average molecular weight is 440 g/mol. The van der Waals surface area contributed by atoms with Gasteiger partial charge in [-0.25, -0.2) is 16.8 Å². The molecule has 0 fully saturated rings. The van der Waals surface area contributed by atoms with Crippen LogP contribution in [0.25, 0.3) is 0 Å².